The zero-order valence-corrected chi connectivity index (χ0v) is 23.2. The van der Waals surface area contributed by atoms with Crippen LogP contribution in [-0.2, 0) is 25.5 Å². The van der Waals surface area contributed by atoms with Crippen LogP contribution in [0.3, 0.4) is 0 Å². The lowest BCUT2D eigenvalue weighted by Gasteiger charge is -2.56. The maximum Gasteiger partial charge on any atom is 0.340 e. The van der Waals surface area contributed by atoms with E-state index < -0.39 is 5.41 Å². The number of hydrogen-bond acceptors (Lipinski definition) is 4. The fraction of sp³-hybridized carbons (Fsp3) is 0.588. The summed E-state index contributed by atoms with van der Waals surface area (Å²) in [6.07, 6.45) is 23.7. The largest absolute Gasteiger partial charge is 0.427 e. The van der Waals surface area contributed by atoms with Crippen LogP contribution in [-0.4, -0.2) is 16.9 Å². The molecule has 4 unspecified atom stereocenters. The van der Waals surface area contributed by atoms with Crippen molar-refractivity contribution in [3.63, 3.8) is 0 Å². The average molecular weight is 528 g/mol. The molecule has 2 bridgehead atoms. The first kappa shape index (κ1) is 25.2. The number of allylic oxidation sites excluding steroid dienone is 5. The molecule has 1 spiro atoms. The number of aromatic amines is 1. The normalized spacial score (nSPS) is 34.0. The minimum Gasteiger partial charge on any atom is -0.427 e. The Labute approximate surface area is 231 Å². The SMILES string of the molecule is CCCC=C1OC(=O)C2=C1CCC1C3CCC4(C(=CCCC5CCCCC5)OC(=O)C4=C3Cc3cc[nH]c3)C21. The standard InChI is InChI=1S/C34H41NO4/c1-2-3-11-27-25-14-13-24-23-15-17-34(30(24)29(25)32(36)38-27)28(12-7-10-21-8-5-4-6-9-21)39-33(37)31(34)26(23)19-22-16-18-35-20-22/h11-12,16,18,20-21,23-24,30,35H,2-10,13-15,17,19H2,1H3. The second kappa shape index (κ2) is 9.98. The quantitative estimate of drug-likeness (QED) is 0.370. The van der Waals surface area contributed by atoms with Crippen LogP contribution in [0.2, 0.25) is 0 Å². The van der Waals surface area contributed by atoms with Gasteiger partial charge in [-0.3, -0.25) is 0 Å². The van der Waals surface area contributed by atoms with E-state index in [9.17, 15) is 9.59 Å². The van der Waals surface area contributed by atoms with Gasteiger partial charge in [0.15, 0.2) is 0 Å². The Bertz CT molecular complexity index is 1290. The number of fused-ring (bicyclic) bond motifs is 1. The number of nitrogens with one attached hydrogen (secondary N) is 1. The van der Waals surface area contributed by atoms with E-state index in [0.717, 1.165) is 91.9 Å². The molecular weight excluding hydrogens is 486 g/mol. The van der Waals surface area contributed by atoms with E-state index in [2.05, 4.69) is 30.1 Å². The van der Waals surface area contributed by atoms with Gasteiger partial charge in [0.05, 0.1) is 11.0 Å². The summed E-state index contributed by atoms with van der Waals surface area (Å²) in [7, 11) is 0. The number of H-pyrrole nitrogens is 1. The van der Waals surface area contributed by atoms with E-state index in [4.69, 9.17) is 9.47 Å². The molecule has 5 aliphatic carbocycles. The number of cyclic esters (lactones) is 2. The fourth-order valence-electron chi connectivity index (χ4n) is 9.17. The van der Waals surface area contributed by atoms with Crippen LogP contribution in [0.5, 0.6) is 0 Å². The molecule has 1 aromatic heterocycles. The Balaban J connectivity index is 1.33. The lowest BCUT2D eigenvalue weighted by atomic mass is 9.44. The van der Waals surface area contributed by atoms with Gasteiger partial charge in [0.1, 0.15) is 11.5 Å². The lowest BCUT2D eigenvalue weighted by molar-refractivity contribution is -0.135. The second-order valence-corrected chi connectivity index (χ2v) is 12.8. The summed E-state index contributed by atoms with van der Waals surface area (Å²) in [4.78, 5) is 30.5. The zero-order chi connectivity index (χ0) is 26.6. The highest BCUT2D eigenvalue weighted by Gasteiger charge is 2.68. The van der Waals surface area contributed by atoms with Gasteiger partial charge in [0.2, 0.25) is 0 Å². The molecule has 4 atom stereocenters. The summed E-state index contributed by atoms with van der Waals surface area (Å²) in [5.41, 5.74) is 4.77. The van der Waals surface area contributed by atoms with E-state index in [0.29, 0.717) is 11.8 Å². The van der Waals surface area contributed by atoms with Crippen molar-refractivity contribution in [3.05, 3.63) is 70.0 Å². The van der Waals surface area contributed by atoms with Crippen LogP contribution in [0.4, 0.5) is 0 Å². The molecule has 0 amide bonds. The third-order valence-corrected chi connectivity index (χ3v) is 10.8. The minimum atomic E-state index is -0.533. The van der Waals surface area contributed by atoms with Crippen molar-refractivity contribution in [2.24, 2.45) is 29.1 Å². The van der Waals surface area contributed by atoms with Crippen molar-refractivity contribution < 1.29 is 19.1 Å². The molecule has 1 N–H and O–H groups in total. The molecule has 206 valence electrons. The molecule has 39 heavy (non-hydrogen) atoms. The summed E-state index contributed by atoms with van der Waals surface area (Å²) < 4.78 is 12.2. The predicted octanol–water partition coefficient (Wildman–Crippen LogP) is 7.63. The topological polar surface area (TPSA) is 68.4 Å². The maximum atomic E-state index is 13.8. The number of esters is 2. The Morgan fingerprint density at radius 2 is 1.90 bits per heavy atom. The van der Waals surface area contributed by atoms with Gasteiger partial charge in [-0.15, -0.1) is 0 Å². The number of rotatable bonds is 7. The zero-order valence-electron chi connectivity index (χ0n) is 23.2. The van der Waals surface area contributed by atoms with Gasteiger partial charge in [-0.2, -0.15) is 0 Å². The lowest BCUT2D eigenvalue weighted by Crippen LogP contribution is -2.52. The molecule has 0 radical (unpaired) electrons. The molecule has 5 heteroatoms. The van der Waals surface area contributed by atoms with Crippen LogP contribution < -0.4 is 0 Å². The highest BCUT2D eigenvalue weighted by Crippen LogP contribution is 2.70. The molecule has 1 aromatic rings. The van der Waals surface area contributed by atoms with E-state index in [1.807, 2.05) is 12.4 Å². The van der Waals surface area contributed by atoms with E-state index in [1.54, 1.807) is 0 Å². The van der Waals surface area contributed by atoms with Gasteiger partial charge in [0, 0.05) is 29.5 Å². The van der Waals surface area contributed by atoms with E-state index in [-0.39, 0.29) is 17.9 Å². The highest BCUT2D eigenvalue weighted by atomic mass is 16.5. The molecule has 3 heterocycles. The third kappa shape index (κ3) is 3.94. The number of aromatic nitrogens is 1. The number of ether oxygens (including phenoxy) is 2. The maximum absolute atomic E-state index is 13.8. The number of carbonyl (C=O) groups excluding carboxylic acids is 2. The molecular formula is C34H41NO4. The molecule has 2 saturated carbocycles. The summed E-state index contributed by atoms with van der Waals surface area (Å²) in [6, 6.07) is 2.11. The molecule has 0 aromatic carbocycles. The van der Waals surface area contributed by atoms with Crippen LogP contribution in [0.1, 0.15) is 96.0 Å². The summed E-state index contributed by atoms with van der Waals surface area (Å²) in [5, 5.41) is 0. The fourth-order valence-corrected chi connectivity index (χ4v) is 9.17. The Kier molecular flexibility index (Phi) is 6.44. The smallest absolute Gasteiger partial charge is 0.340 e. The first-order valence-electron chi connectivity index (χ1n) is 15.6. The summed E-state index contributed by atoms with van der Waals surface area (Å²) in [6.45, 7) is 2.15. The third-order valence-electron chi connectivity index (χ3n) is 10.8. The molecule has 7 aliphatic rings. The first-order valence-corrected chi connectivity index (χ1v) is 15.6. The van der Waals surface area contributed by atoms with Crippen molar-refractivity contribution in [3.8, 4) is 0 Å². The van der Waals surface area contributed by atoms with Gasteiger partial charge in [0.25, 0.3) is 0 Å². The molecule has 1 saturated heterocycles. The monoisotopic (exact) mass is 527 g/mol. The first-order chi connectivity index (χ1) is 19.1. The number of unbranched alkanes of at least 4 members (excludes halogenated alkanes) is 1. The van der Waals surface area contributed by atoms with Gasteiger partial charge in [-0.05, 0) is 92.9 Å². The Morgan fingerprint density at radius 1 is 1.03 bits per heavy atom. The molecule has 8 rings (SSSR count). The minimum absolute atomic E-state index is 0.0302. The van der Waals surface area contributed by atoms with Crippen molar-refractivity contribution in [2.75, 3.05) is 0 Å². The van der Waals surface area contributed by atoms with Gasteiger partial charge in [-0.1, -0.05) is 51.0 Å². The molecule has 2 aliphatic heterocycles. The van der Waals surface area contributed by atoms with Crippen LogP contribution >= 0.6 is 0 Å². The summed E-state index contributed by atoms with van der Waals surface area (Å²) in [5.74, 6) is 2.65. The van der Waals surface area contributed by atoms with Gasteiger partial charge < -0.3 is 14.5 Å². The van der Waals surface area contributed by atoms with Crippen molar-refractivity contribution in [2.45, 2.75) is 96.8 Å². The number of hydrogen-bond donors (Lipinski definition) is 1. The van der Waals surface area contributed by atoms with E-state index >= 15 is 0 Å². The van der Waals surface area contributed by atoms with Gasteiger partial charge >= 0.3 is 11.9 Å². The highest BCUT2D eigenvalue weighted by molar-refractivity contribution is 6.00. The summed E-state index contributed by atoms with van der Waals surface area (Å²) >= 11 is 0. The van der Waals surface area contributed by atoms with Crippen molar-refractivity contribution in [1.29, 1.82) is 0 Å². The van der Waals surface area contributed by atoms with Gasteiger partial charge in [-0.25, -0.2) is 9.59 Å². The Hall–Kier alpha value is -2.82. The van der Waals surface area contributed by atoms with Crippen molar-refractivity contribution in [1.82, 2.24) is 4.98 Å². The number of carbonyl (C=O) groups is 2. The van der Waals surface area contributed by atoms with Crippen LogP contribution in [0.25, 0.3) is 0 Å². The predicted molar refractivity (Wildman–Crippen MR) is 149 cm³/mol. The molecule has 5 nitrogen and oxygen atoms in total. The van der Waals surface area contributed by atoms with Crippen molar-refractivity contribution >= 4 is 11.9 Å². The molecule has 3 fully saturated rings. The van der Waals surface area contributed by atoms with Crippen LogP contribution in [0.15, 0.2) is 64.4 Å². The van der Waals surface area contributed by atoms with E-state index in [1.165, 1.54) is 43.2 Å². The van der Waals surface area contributed by atoms with Crippen LogP contribution in [0, 0.1) is 29.1 Å². The second-order valence-electron chi connectivity index (χ2n) is 12.8. The average Bonchev–Trinajstić information content (AvgIpc) is 3.66. The Morgan fingerprint density at radius 3 is 2.69 bits per heavy atom.